The third-order valence-electron chi connectivity index (χ3n) is 14.4. The molecule has 10 atom stereocenters. The largest absolute Gasteiger partial charge is 0.481 e. The van der Waals surface area contributed by atoms with Gasteiger partial charge in [-0.25, -0.2) is 0 Å². The number of esters is 1. The number of fused-ring (bicyclic) bond motifs is 7. The van der Waals surface area contributed by atoms with Gasteiger partial charge in [0.2, 0.25) is 0 Å². The molecule has 0 aromatic rings. The molecule has 0 saturated heterocycles. The van der Waals surface area contributed by atoms with Crippen LogP contribution in [0.5, 0.6) is 0 Å². The number of ether oxygens (including phenoxy) is 1. The minimum atomic E-state index is -0.880. The smallest absolute Gasteiger partial charge is 0.310 e. The standard InChI is InChI=1S/C35H54O6/c1-21-13-18-35(30(39)40)20-19-33(6)23(29(35)22(21)2)11-12-25-32(5)16-15-26(41-28(38)10-8-9-27(36)37)31(3,4)24(32)14-17-34(25,33)7/h11,21-22,24-26,29H,8-10,12-20H2,1-7H3,(H,36,37)(H,39,40)/t21-,22+,24+,25-,26+,29+,32+,33-,34-,35+/m1/s1. The number of rotatable bonds is 6. The lowest BCUT2D eigenvalue weighted by atomic mass is 9.33. The third kappa shape index (κ3) is 4.34. The lowest BCUT2D eigenvalue weighted by Crippen LogP contribution is -2.65. The van der Waals surface area contributed by atoms with Crippen LogP contribution in [0.1, 0.15) is 126 Å². The quantitative estimate of drug-likeness (QED) is 0.249. The average Bonchev–Trinajstić information content (AvgIpc) is 2.88. The van der Waals surface area contributed by atoms with Crippen molar-refractivity contribution in [1.29, 1.82) is 0 Å². The van der Waals surface area contributed by atoms with Gasteiger partial charge >= 0.3 is 17.9 Å². The maximum absolute atomic E-state index is 12.9. The number of carboxylic acid groups (broad SMARTS) is 2. The molecule has 5 aliphatic carbocycles. The highest BCUT2D eigenvalue weighted by atomic mass is 16.5. The van der Waals surface area contributed by atoms with Gasteiger partial charge in [-0.1, -0.05) is 60.1 Å². The van der Waals surface area contributed by atoms with Gasteiger partial charge in [-0.3, -0.25) is 14.4 Å². The molecule has 0 heterocycles. The van der Waals surface area contributed by atoms with Crippen molar-refractivity contribution in [2.24, 2.45) is 56.7 Å². The van der Waals surface area contributed by atoms with Crippen LogP contribution in [0.15, 0.2) is 11.6 Å². The summed E-state index contributed by atoms with van der Waals surface area (Å²) in [5.74, 6) is 0.230. The molecule has 0 aromatic heterocycles. The molecule has 5 aliphatic rings. The molecule has 0 aromatic carbocycles. The van der Waals surface area contributed by atoms with Crippen LogP contribution in [0.3, 0.4) is 0 Å². The monoisotopic (exact) mass is 570 g/mol. The topological polar surface area (TPSA) is 101 Å². The Morgan fingerprint density at radius 3 is 2.24 bits per heavy atom. The Kier molecular flexibility index (Phi) is 7.55. The Morgan fingerprint density at radius 2 is 1.59 bits per heavy atom. The average molecular weight is 571 g/mol. The second kappa shape index (κ2) is 10.1. The molecule has 0 amide bonds. The molecule has 5 rings (SSSR count). The van der Waals surface area contributed by atoms with Gasteiger partial charge < -0.3 is 14.9 Å². The predicted octanol–water partition coefficient (Wildman–Crippen LogP) is 7.90. The van der Waals surface area contributed by atoms with Gasteiger partial charge in [-0.15, -0.1) is 0 Å². The van der Waals surface area contributed by atoms with E-state index in [0.29, 0.717) is 30.1 Å². The first-order chi connectivity index (χ1) is 19.0. The second-order valence-corrected chi connectivity index (χ2v) is 16.2. The van der Waals surface area contributed by atoms with E-state index in [9.17, 15) is 19.5 Å². The zero-order valence-corrected chi connectivity index (χ0v) is 26.6. The minimum Gasteiger partial charge on any atom is -0.481 e. The first-order valence-electron chi connectivity index (χ1n) is 16.4. The maximum atomic E-state index is 12.9. The van der Waals surface area contributed by atoms with Gasteiger partial charge in [0, 0.05) is 18.3 Å². The zero-order chi connectivity index (χ0) is 30.2. The van der Waals surface area contributed by atoms with Crippen molar-refractivity contribution in [3.8, 4) is 0 Å². The number of aliphatic carboxylic acids is 2. The lowest BCUT2D eigenvalue weighted by Gasteiger charge is -2.71. The van der Waals surface area contributed by atoms with E-state index in [4.69, 9.17) is 9.84 Å². The number of carbonyl (C=O) groups excluding carboxylic acids is 1. The van der Waals surface area contributed by atoms with Crippen LogP contribution in [0.2, 0.25) is 0 Å². The number of carbonyl (C=O) groups is 3. The molecule has 0 unspecified atom stereocenters. The number of hydrogen-bond donors (Lipinski definition) is 2. The summed E-state index contributed by atoms with van der Waals surface area (Å²) in [5.41, 5.74) is 0.894. The van der Waals surface area contributed by atoms with Crippen LogP contribution in [0.4, 0.5) is 0 Å². The molecular weight excluding hydrogens is 516 g/mol. The van der Waals surface area contributed by atoms with Gasteiger partial charge in [0.25, 0.3) is 0 Å². The zero-order valence-electron chi connectivity index (χ0n) is 26.6. The Bertz CT molecular complexity index is 1120. The van der Waals surface area contributed by atoms with Gasteiger partial charge in [-0.2, -0.15) is 0 Å². The Labute approximate surface area is 247 Å². The number of allylic oxidation sites excluding steroid dienone is 2. The fraction of sp³-hybridized carbons (Fsp3) is 0.857. The van der Waals surface area contributed by atoms with E-state index < -0.39 is 17.4 Å². The van der Waals surface area contributed by atoms with Crippen LogP contribution in [0, 0.1) is 56.7 Å². The summed E-state index contributed by atoms with van der Waals surface area (Å²) in [4.78, 5) is 36.5. The van der Waals surface area contributed by atoms with Crippen molar-refractivity contribution < 1.29 is 29.3 Å². The van der Waals surface area contributed by atoms with Crippen molar-refractivity contribution in [2.75, 3.05) is 0 Å². The number of hydrogen-bond acceptors (Lipinski definition) is 4. The third-order valence-corrected chi connectivity index (χ3v) is 14.4. The molecule has 6 heteroatoms. The van der Waals surface area contributed by atoms with Crippen molar-refractivity contribution in [3.05, 3.63) is 11.6 Å². The highest BCUT2D eigenvalue weighted by Gasteiger charge is 2.69. The molecular formula is C35H54O6. The fourth-order valence-electron chi connectivity index (χ4n) is 11.6. The molecule has 4 saturated carbocycles. The molecule has 0 radical (unpaired) electrons. The molecule has 0 bridgehead atoms. The summed E-state index contributed by atoms with van der Waals surface area (Å²) in [6.45, 7) is 16.7. The van der Waals surface area contributed by atoms with Crippen LogP contribution in [0.25, 0.3) is 0 Å². The highest BCUT2D eigenvalue weighted by molar-refractivity contribution is 5.76. The van der Waals surface area contributed by atoms with E-state index in [1.165, 1.54) is 5.57 Å². The molecule has 0 spiro atoms. The maximum Gasteiger partial charge on any atom is 0.310 e. The van der Waals surface area contributed by atoms with Crippen LogP contribution in [-0.4, -0.2) is 34.2 Å². The SMILES string of the molecule is C[C@H]1[C@H](C)CC[C@]2(C(=O)O)CC[C@]3(C)C(=CC[C@@H]4[C@@]5(C)CC[C@H](OC(=O)CCCC(=O)O)C(C)(C)[C@@H]5CC[C@]43C)[C@H]12. The summed E-state index contributed by atoms with van der Waals surface area (Å²) < 4.78 is 6.06. The molecule has 6 nitrogen and oxygen atoms in total. The van der Waals surface area contributed by atoms with Gasteiger partial charge in [0.1, 0.15) is 6.10 Å². The second-order valence-electron chi connectivity index (χ2n) is 16.2. The molecule has 230 valence electrons. The van der Waals surface area contributed by atoms with Crippen molar-refractivity contribution in [3.63, 3.8) is 0 Å². The molecule has 4 fully saturated rings. The summed E-state index contributed by atoms with van der Waals surface area (Å²) in [6.07, 6.45) is 11.5. The molecule has 2 N–H and O–H groups in total. The van der Waals surface area contributed by atoms with Gasteiger partial charge in [0.05, 0.1) is 5.41 Å². The summed E-state index contributed by atoms with van der Waals surface area (Å²) >= 11 is 0. The van der Waals surface area contributed by atoms with E-state index in [1.54, 1.807) is 0 Å². The Morgan fingerprint density at radius 1 is 0.878 bits per heavy atom. The number of carboxylic acids is 2. The van der Waals surface area contributed by atoms with E-state index in [-0.39, 0.29) is 52.5 Å². The van der Waals surface area contributed by atoms with E-state index >= 15 is 0 Å². The molecule has 41 heavy (non-hydrogen) atoms. The Hall–Kier alpha value is -1.85. The van der Waals surface area contributed by atoms with Gasteiger partial charge in [-0.05, 0) is 110 Å². The van der Waals surface area contributed by atoms with Crippen molar-refractivity contribution in [1.82, 2.24) is 0 Å². The normalized spacial score (nSPS) is 46.6. The van der Waals surface area contributed by atoms with Crippen molar-refractivity contribution in [2.45, 2.75) is 132 Å². The van der Waals surface area contributed by atoms with Gasteiger partial charge in [0.15, 0.2) is 0 Å². The van der Waals surface area contributed by atoms with Crippen molar-refractivity contribution >= 4 is 17.9 Å². The lowest BCUT2D eigenvalue weighted by molar-refractivity contribution is -0.214. The minimum absolute atomic E-state index is 0.00354. The van der Waals surface area contributed by atoms with E-state index in [2.05, 4.69) is 54.5 Å². The summed E-state index contributed by atoms with van der Waals surface area (Å²) in [6, 6.07) is 0. The fourth-order valence-corrected chi connectivity index (χ4v) is 11.6. The highest BCUT2D eigenvalue weighted by Crippen LogP contribution is 2.75. The summed E-state index contributed by atoms with van der Waals surface area (Å²) in [5, 5.41) is 19.6. The van der Waals surface area contributed by atoms with E-state index in [0.717, 1.165) is 57.8 Å². The van der Waals surface area contributed by atoms with Crippen LogP contribution in [-0.2, 0) is 19.1 Å². The molecule has 0 aliphatic heterocycles. The predicted molar refractivity (Wildman–Crippen MR) is 158 cm³/mol. The first-order valence-corrected chi connectivity index (χ1v) is 16.4. The summed E-state index contributed by atoms with van der Waals surface area (Å²) in [7, 11) is 0. The van der Waals surface area contributed by atoms with E-state index in [1.807, 2.05) is 0 Å². The van der Waals surface area contributed by atoms with Crippen LogP contribution >= 0.6 is 0 Å². The van der Waals surface area contributed by atoms with Crippen LogP contribution < -0.4 is 0 Å². The first kappa shape index (κ1) is 30.6. The Balaban J connectivity index is 1.44.